The Morgan fingerprint density at radius 1 is 0.767 bits per heavy atom. The molecule has 0 spiro atoms. The molecule has 3 aromatic carbocycles. The van der Waals surface area contributed by atoms with Gasteiger partial charge in [0, 0.05) is 18.3 Å². The molecule has 0 unspecified atom stereocenters. The molecule has 0 aliphatic rings. The minimum atomic E-state index is -0.663. The maximum atomic E-state index is 12.1. The van der Waals surface area contributed by atoms with Crippen molar-refractivity contribution in [2.75, 3.05) is 17.2 Å². The molecule has 3 rings (SSSR count). The zero-order valence-electron chi connectivity index (χ0n) is 16.3. The minimum Gasteiger partial charge on any atom is -0.457 e. The van der Waals surface area contributed by atoms with E-state index in [-0.39, 0.29) is 11.5 Å². The molecule has 0 atom stereocenters. The molecular weight excluding hydrogens is 384 g/mol. The van der Waals surface area contributed by atoms with E-state index in [9.17, 15) is 14.4 Å². The summed E-state index contributed by atoms with van der Waals surface area (Å²) in [7, 11) is 0. The number of carbonyl (C=O) groups is 3. The van der Waals surface area contributed by atoms with E-state index in [1.54, 1.807) is 36.4 Å². The Morgan fingerprint density at radius 3 is 2.17 bits per heavy atom. The van der Waals surface area contributed by atoms with Gasteiger partial charge in [0.25, 0.3) is 5.91 Å². The number of amides is 2. The van der Waals surface area contributed by atoms with Crippen LogP contribution in [-0.4, -0.2) is 24.4 Å². The fraction of sp³-hybridized carbons (Fsp3) is 0.0870. The van der Waals surface area contributed by atoms with E-state index in [0.717, 1.165) is 0 Å². The van der Waals surface area contributed by atoms with E-state index in [2.05, 4.69) is 10.6 Å². The van der Waals surface area contributed by atoms with Crippen LogP contribution < -0.4 is 15.4 Å². The fourth-order valence-corrected chi connectivity index (χ4v) is 2.57. The predicted octanol–water partition coefficient (Wildman–Crippen LogP) is 4.23. The van der Waals surface area contributed by atoms with Crippen LogP contribution in [-0.2, 0) is 14.3 Å². The van der Waals surface area contributed by atoms with Crippen molar-refractivity contribution in [1.29, 1.82) is 0 Å². The first-order valence-corrected chi connectivity index (χ1v) is 9.17. The SMILES string of the molecule is CC(=O)Nc1cccc(C(=O)OCC(=O)Nc2ccc(Oc3ccccc3)cc2)c1. The van der Waals surface area contributed by atoms with Crippen molar-refractivity contribution in [2.45, 2.75) is 6.92 Å². The van der Waals surface area contributed by atoms with E-state index in [4.69, 9.17) is 9.47 Å². The van der Waals surface area contributed by atoms with Gasteiger partial charge in [0.05, 0.1) is 5.56 Å². The van der Waals surface area contributed by atoms with Crippen LogP contribution in [0.3, 0.4) is 0 Å². The van der Waals surface area contributed by atoms with E-state index >= 15 is 0 Å². The van der Waals surface area contributed by atoms with Gasteiger partial charge in [-0.25, -0.2) is 4.79 Å². The Labute approximate surface area is 173 Å². The first kappa shape index (κ1) is 20.6. The molecule has 0 aliphatic carbocycles. The number of ether oxygens (including phenoxy) is 2. The summed E-state index contributed by atoms with van der Waals surface area (Å²) in [4.78, 5) is 35.3. The van der Waals surface area contributed by atoms with Crippen LogP contribution >= 0.6 is 0 Å². The first-order chi connectivity index (χ1) is 14.5. The molecule has 0 fully saturated rings. The lowest BCUT2D eigenvalue weighted by atomic mass is 10.2. The van der Waals surface area contributed by atoms with Crippen LogP contribution in [0.1, 0.15) is 17.3 Å². The predicted molar refractivity (Wildman–Crippen MR) is 113 cm³/mol. The summed E-state index contributed by atoms with van der Waals surface area (Å²) in [6.45, 7) is 0.932. The third kappa shape index (κ3) is 6.20. The van der Waals surface area contributed by atoms with Crippen molar-refractivity contribution in [1.82, 2.24) is 0 Å². The highest BCUT2D eigenvalue weighted by Gasteiger charge is 2.11. The molecule has 0 saturated heterocycles. The smallest absolute Gasteiger partial charge is 0.338 e. The number of para-hydroxylation sites is 1. The molecular formula is C23H20N2O5. The largest absolute Gasteiger partial charge is 0.457 e. The summed E-state index contributed by atoms with van der Waals surface area (Å²) in [6, 6.07) is 22.4. The molecule has 0 heterocycles. The Kier molecular flexibility index (Phi) is 6.78. The number of rotatable bonds is 7. The molecule has 3 aromatic rings. The fourth-order valence-electron chi connectivity index (χ4n) is 2.57. The third-order valence-electron chi connectivity index (χ3n) is 3.87. The molecule has 0 radical (unpaired) electrons. The summed E-state index contributed by atoms with van der Waals surface area (Å²) in [5, 5.41) is 5.23. The van der Waals surface area contributed by atoms with Crippen molar-refractivity contribution in [3.05, 3.63) is 84.4 Å². The molecule has 0 bridgehead atoms. The van der Waals surface area contributed by atoms with Gasteiger partial charge in [-0.3, -0.25) is 9.59 Å². The molecule has 7 heteroatoms. The zero-order chi connectivity index (χ0) is 21.3. The van der Waals surface area contributed by atoms with Gasteiger partial charge >= 0.3 is 5.97 Å². The maximum Gasteiger partial charge on any atom is 0.338 e. The second-order valence-corrected chi connectivity index (χ2v) is 6.33. The van der Waals surface area contributed by atoms with Gasteiger partial charge in [-0.05, 0) is 54.6 Å². The zero-order valence-corrected chi connectivity index (χ0v) is 16.3. The standard InChI is InChI=1S/C23H20N2O5/c1-16(26)24-19-7-5-6-17(14-19)23(28)29-15-22(27)25-18-10-12-21(13-11-18)30-20-8-3-2-4-9-20/h2-14H,15H2,1H3,(H,24,26)(H,25,27). The second kappa shape index (κ2) is 9.88. The molecule has 2 amide bonds. The highest BCUT2D eigenvalue weighted by Crippen LogP contribution is 2.22. The third-order valence-corrected chi connectivity index (χ3v) is 3.87. The van der Waals surface area contributed by atoms with E-state index in [1.807, 2.05) is 30.3 Å². The lowest BCUT2D eigenvalue weighted by Gasteiger charge is -2.09. The number of nitrogens with one attached hydrogen (secondary N) is 2. The molecule has 0 aliphatic heterocycles. The Hall–Kier alpha value is -4.13. The van der Waals surface area contributed by atoms with Gasteiger partial charge in [0.2, 0.25) is 5.91 Å². The van der Waals surface area contributed by atoms with Crippen LogP contribution in [0, 0.1) is 0 Å². The molecule has 0 aromatic heterocycles. The number of benzene rings is 3. The van der Waals surface area contributed by atoms with Gasteiger partial charge in [0.1, 0.15) is 11.5 Å². The highest BCUT2D eigenvalue weighted by atomic mass is 16.5. The van der Waals surface area contributed by atoms with E-state index in [0.29, 0.717) is 22.9 Å². The van der Waals surface area contributed by atoms with Crippen LogP contribution in [0.2, 0.25) is 0 Å². The normalized spacial score (nSPS) is 10.0. The van der Waals surface area contributed by atoms with E-state index in [1.165, 1.54) is 19.1 Å². The second-order valence-electron chi connectivity index (χ2n) is 6.33. The van der Waals surface area contributed by atoms with Gasteiger partial charge < -0.3 is 20.1 Å². The van der Waals surface area contributed by atoms with Crippen LogP contribution in [0.4, 0.5) is 11.4 Å². The van der Waals surface area contributed by atoms with Crippen LogP contribution in [0.5, 0.6) is 11.5 Å². The number of carbonyl (C=O) groups excluding carboxylic acids is 3. The quantitative estimate of drug-likeness (QED) is 0.575. The van der Waals surface area contributed by atoms with Crippen LogP contribution in [0.25, 0.3) is 0 Å². The number of esters is 1. The average molecular weight is 404 g/mol. The minimum absolute atomic E-state index is 0.233. The number of hydrogen-bond donors (Lipinski definition) is 2. The van der Waals surface area contributed by atoms with Crippen molar-refractivity contribution in [2.24, 2.45) is 0 Å². The van der Waals surface area contributed by atoms with Gasteiger partial charge in [-0.2, -0.15) is 0 Å². The molecule has 7 nitrogen and oxygen atoms in total. The Bertz CT molecular complexity index is 1030. The molecule has 30 heavy (non-hydrogen) atoms. The topological polar surface area (TPSA) is 93.7 Å². The lowest BCUT2D eigenvalue weighted by molar-refractivity contribution is -0.119. The average Bonchev–Trinajstić information content (AvgIpc) is 2.74. The van der Waals surface area contributed by atoms with Gasteiger partial charge in [-0.15, -0.1) is 0 Å². The summed E-state index contributed by atoms with van der Waals surface area (Å²) in [5.74, 6) is -0.0458. The summed E-state index contributed by atoms with van der Waals surface area (Å²) in [5.41, 5.74) is 1.25. The summed E-state index contributed by atoms with van der Waals surface area (Å²) >= 11 is 0. The lowest BCUT2D eigenvalue weighted by Crippen LogP contribution is -2.21. The number of anilines is 2. The first-order valence-electron chi connectivity index (χ1n) is 9.17. The van der Waals surface area contributed by atoms with Crippen molar-refractivity contribution in [3.8, 4) is 11.5 Å². The number of hydrogen-bond acceptors (Lipinski definition) is 5. The highest BCUT2D eigenvalue weighted by molar-refractivity contribution is 5.96. The monoisotopic (exact) mass is 404 g/mol. The maximum absolute atomic E-state index is 12.1. The molecule has 152 valence electrons. The van der Waals surface area contributed by atoms with Gasteiger partial charge in [0.15, 0.2) is 6.61 Å². The Balaban J connectivity index is 1.49. The van der Waals surface area contributed by atoms with Crippen LogP contribution in [0.15, 0.2) is 78.9 Å². The van der Waals surface area contributed by atoms with Crippen molar-refractivity contribution >= 4 is 29.2 Å². The summed E-state index contributed by atoms with van der Waals surface area (Å²) in [6.07, 6.45) is 0. The Morgan fingerprint density at radius 2 is 1.47 bits per heavy atom. The summed E-state index contributed by atoms with van der Waals surface area (Å²) < 4.78 is 10.7. The van der Waals surface area contributed by atoms with Gasteiger partial charge in [-0.1, -0.05) is 24.3 Å². The van der Waals surface area contributed by atoms with E-state index < -0.39 is 18.5 Å². The molecule has 2 N–H and O–H groups in total. The van der Waals surface area contributed by atoms with Crippen molar-refractivity contribution < 1.29 is 23.9 Å². The van der Waals surface area contributed by atoms with Crippen molar-refractivity contribution in [3.63, 3.8) is 0 Å². The molecule has 0 saturated carbocycles.